The normalized spacial score (nSPS) is 12.6. The molecule has 2 aromatic rings. The van der Waals surface area contributed by atoms with Crippen molar-refractivity contribution in [2.45, 2.75) is 17.3 Å². The lowest BCUT2D eigenvalue weighted by Gasteiger charge is -2.13. The van der Waals surface area contributed by atoms with Gasteiger partial charge in [0.25, 0.3) is 0 Å². The van der Waals surface area contributed by atoms with Crippen LogP contribution in [0.4, 0.5) is 0 Å². The first-order valence-electron chi connectivity index (χ1n) is 5.21. The molecule has 2 rings (SSSR count). The van der Waals surface area contributed by atoms with Crippen LogP contribution in [0.5, 0.6) is 0 Å². The highest BCUT2D eigenvalue weighted by Crippen LogP contribution is 2.35. The van der Waals surface area contributed by atoms with Gasteiger partial charge in [0.2, 0.25) is 5.16 Å². The summed E-state index contributed by atoms with van der Waals surface area (Å²) in [6, 6.07) is 7.70. The monoisotopic (exact) mass is 268 g/mol. The molecule has 3 N–H and O–H groups in total. The van der Waals surface area contributed by atoms with E-state index in [-0.39, 0.29) is 5.25 Å². The van der Waals surface area contributed by atoms with Gasteiger partial charge >= 0.3 is 0 Å². The van der Waals surface area contributed by atoms with E-state index in [4.69, 9.17) is 17.3 Å². The minimum atomic E-state index is 0.0684. The average molecular weight is 269 g/mol. The van der Waals surface area contributed by atoms with Crippen molar-refractivity contribution in [1.82, 2.24) is 15.2 Å². The maximum absolute atomic E-state index is 6.15. The zero-order valence-corrected chi connectivity index (χ0v) is 10.9. The smallest absolute Gasteiger partial charge is 0.209 e. The first-order chi connectivity index (χ1) is 8.20. The largest absolute Gasteiger partial charge is 0.329 e. The molecule has 90 valence electrons. The lowest BCUT2D eigenvalue weighted by molar-refractivity contribution is 0.914. The highest BCUT2D eigenvalue weighted by Gasteiger charge is 2.16. The van der Waals surface area contributed by atoms with Gasteiger partial charge in [-0.2, -0.15) is 0 Å². The summed E-state index contributed by atoms with van der Waals surface area (Å²) in [5.74, 6) is 0.794. The van der Waals surface area contributed by atoms with Crippen LogP contribution in [-0.4, -0.2) is 21.7 Å². The topological polar surface area (TPSA) is 67.6 Å². The molecule has 0 spiro atoms. The summed E-state index contributed by atoms with van der Waals surface area (Å²) in [6.07, 6.45) is 0. The van der Waals surface area contributed by atoms with E-state index in [1.165, 1.54) is 11.8 Å². The number of hydrogen-bond acceptors (Lipinski definition) is 4. The fourth-order valence-corrected chi connectivity index (χ4v) is 2.78. The van der Waals surface area contributed by atoms with Crippen molar-refractivity contribution in [3.05, 3.63) is 40.7 Å². The van der Waals surface area contributed by atoms with Gasteiger partial charge in [-0.1, -0.05) is 41.6 Å². The van der Waals surface area contributed by atoms with Gasteiger partial charge in [0.05, 0.1) is 5.25 Å². The first kappa shape index (κ1) is 12.4. The number of benzene rings is 1. The minimum absolute atomic E-state index is 0.0684. The van der Waals surface area contributed by atoms with Gasteiger partial charge in [-0.3, -0.25) is 5.10 Å². The molecule has 6 heteroatoms. The predicted molar refractivity (Wildman–Crippen MR) is 70.2 cm³/mol. The molecule has 17 heavy (non-hydrogen) atoms. The molecule has 0 fully saturated rings. The molecule has 1 unspecified atom stereocenters. The summed E-state index contributed by atoms with van der Waals surface area (Å²) in [5.41, 5.74) is 6.80. The van der Waals surface area contributed by atoms with Gasteiger partial charge in [-0.25, -0.2) is 4.98 Å². The van der Waals surface area contributed by atoms with Crippen LogP contribution < -0.4 is 5.73 Å². The number of nitrogens with zero attached hydrogens (tertiary/aromatic N) is 2. The Bertz CT molecular complexity index is 500. The van der Waals surface area contributed by atoms with Gasteiger partial charge in [0.15, 0.2) is 0 Å². The van der Waals surface area contributed by atoms with Crippen LogP contribution in [0.15, 0.2) is 29.4 Å². The lowest BCUT2D eigenvalue weighted by atomic mass is 10.1. The van der Waals surface area contributed by atoms with Gasteiger partial charge in [-0.15, -0.1) is 5.10 Å². The second-order valence-electron chi connectivity index (χ2n) is 3.57. The Morgan fingerprint density at radius 2 is 2.24 bits per heavy atom. The molecule has 1 aromatic carbocycles. The van der Waals surface area contributed by atoms with E-state index in [0.29, 0.717) is 11.7 Å². The number of H-pyrrole nitrogens is 1. The number of aromatic amines is 1. The summed E-state index contributed by atoms with van der Waals surface area (Å²) < 4.78 is 0. The van der Waals surface area contributed by atoms with Crippen molar-refractivity contribution in [3.8, 4) is 0 Å². The van der Waals surface area contributed by atoms with Crippen LogP contribution in [0.1, 0.15) is 16.6 Å². The molecule has 0 aliphatic rings. The quantitative estimate of drug-likeness (QED) is 0.837. The fraction of sp³-hybridized carbons (Fsp3) is 0.273. The highest BCUT2D eigenvalue weighted by atomic mass is 35.5. The summed E-state index contributed by atoms with van der Waals surface area (Å²) in [7, 11) is 0. The molecule has 0 amide bonds. The highest BCUT2D eigenvalue weighted by molar-refractivity contribution is 7.99. The number of thioether (sulfide) groups is 1. The average Bonchev–Trinajstić information content (AvgIpc) is 2.73. The molecule has 1 aromatic heterocycles. The summed E-state index contributed by atoms with van der Waals surface area (Å²) >= 11 is 7.67. The molecule has 4 nitrogen and oxygen atoms in total. The van der Waals surface area contributed by atoms with E-state index >= 15 is 0 Å². The van der Waals surface area contributed by atoms with Crippen molar-refractivity contribution in [3.63, 3.8) is 0 Å². The van der Waals surface area contributed by atoms with E-state index < -0.39 is 0 Å². The maximum atomic E-state index is 6.15. The molecule has 1 atom stereocenters. The van der Waals surface area contributed by atoms with Gasteiger partial charge in [-0.05, 0) is 18.6 Å². The number of hydrogen-bond donors (Lipinski definition) is 2. The Morgan fingerprint density at radius 1 is 1.47 bits per heavy atom. The maximum Gasteiger partial charge on any atom is 0.209 e. The molecule has 0 aliphatic carbocycles. The molecule has 0 aliphatic heterocycles. The molecule has 0 saturated carbocycles. The number of nitrogens with two attached hydrogens (primary N) is 1. The van der Waals surface area contributed by atoms with Crippen LogP contribution in [0, 0.1) is 6.92 Å². The number of nitrogens with one attached hydrogen (secondary N) is 1. The molecule has 0 bridgehead atoms. The molecule has 0 saturated heterocycles. The van der Waals surface area contributed by atoms with Crippen molar-refractivity contribution in [1.29, 1.82) is 0 Å². The first-order valence-corrected chi connectivity index (χ1v) is 6.46. The van der Waals surface area contributed by atoms with E-state index in [0.717, 1.165) is 16.4 Å². The van der Waals surface area contributed by atoms with E-state index in [2.05, 4.69) is 15.2 Å². The SMILES string of the molecule is Cc1nc(SC(CN)c2ccccc2Cl)n[nH]1. The van der Waals surface area contributed by atoms with Crippen LogP contribution >= 0.6 is 23.4 Å². The minimum Gasteiger partial charge on any atom is -0.329 e. The van der Waals surface area contributed by atoms with Gasteiger partial charge < -0.3 is 5.73 Å². The van der Waals surface area contributed by atoms with Gasteiger partial charge in [0, 0.05) is 11.6 Å². The standard InChI is InChI=1S/C11H13ClN4S/c1-7-14-11(16-15-7)17-10(6-13)8-4-2-3-5-9(8)12/h2-5,10H,6,13H2,1H3,(H,14,15,16). The molecule has 0 radical (unpaired) electrons. The Labute approximate surface area is 109 Å². The summed E-state index contributed by atoms with van der Waals surface area (Å²) in [6.45, 7) is 2.35. The van der Waals surface area contributed by atoms with Crippen molar-refractivity contribution in [2.24, 2.45) is 5.73 Å². The van der Waals surface area contributed by atoms with Crippen molar-refractivity contribution in [2.75, 3.05) is 6.54 Å². The second kappa shape index (κ2) is 5.53. The third-order valence-electron chi connectivity index (χ3n) is 2.29. The zero-order chi connectivity index (χ0) is 12.3. The third kappa shape index (κ3) is 3.00. The summed E-state index contributed by atoms with van der Waals surface area (Å²) in [5, 5.41) is 8.38. The van der Waals surface area contributed by atoms with E-state index in [1.807, 2.05) is 31.2 Å². The number of aromatic nitrogens is 3. The Morgan fingerprint density at radius 3 is 2.82 bits per heavy atom. The van der Waals surface area contributed by atoms with Crippen molar-refractivity contribution < 1.29 is 0 Å². The van der Waals surface area contributed by atoms with E-state index in [9.17, 15) is 0 Å². The predicted octanol–water partition coefficient (Wildman–Crippen LogP) is 2.56. The Hall–Kier alpha value is -1.04. The number of rotatable bonds is 4. The lowest BCUT2D eigenvalue weighted by Crippen LogP contribution is -2.10. The molecular formula is C11H13ClN4S. The summed E-state index contributed by atoms with van der Waals surface area (Å²) in [4.78, 5) is 4.25. The van der Waals surface area contributed by atoms with Gasteiger partial charge in [0.1, 0.15) is 5.82 Å². The van der Waals surface area contributed by atoms with Crippen molar-refractivity contribution >= 4 is 23.4 Å². The van der Waals surface area contributed by atoms with Crippen LogP contribution in [0.2, 0.25) is 5.02 Å². The molecular weight excluding hydrogens is 256 g/mol. The molecule has 1 heterocycles. The second-order valence-corrected chi connectivity index (χ2v) is 5.14. The Kier molecular flexibility index (Phi) is 4.04. The zero-order valence-electron chi connectivity index (χ0n) is 9.35. The Balaban J connectivity index is 2.20. The van der Waals surface area contributed by atoms with Crippen LogP contribution in [-0.2, 0) is 0 Å². The van der Waals surface area contributed by atoms with Crippen LogP contribution in [0.25, 0.3) is 0 Å². The fourth-order valence-electron chi connectivity index (χ4n) is 1.48. The number of halogens is 1. The third-order valence-corrected chi connectivity index (χ3v) is 3.76. The number of aryl methyl sites for hydroxylation is 1. The van der Waals surface area contributed by atoms with Crippen LogP contribution in [0.3, 0.4) is 0 Å². The van der Waals surface area contributed by atoms with E-state index in [1.54, 1.807) is 0 Å².